The first-order chi connectivity index (χ1) is 9.69. The van der Waals surface area contributed by atoms with E-state index in [9.17, 15) is 0 Å². The molecular formula is C14H26IN5O. The van der Waals surface area contributed by atoms with Gasteiger partial charge in [0.15, 0.2) is 11.8 Å². The van der Waals surface area contributed by atoms with Crippen molar-refractivity contribution in [3.63, 3.8) is 0 Å². The number of likely N-dealkylation sites (tertiary alicyclic amines) is 1. The maximum absolute atomic E-state index is 5.10. The predicted molar refractivity (Wildman–Crippen MR) is 94.1 cm³/mol. The molecule has 2 rings (SSSR count). The molecule has 6 nitrogen and oxygen atoms in total. The average Bonchev–Trinajstić information content (AvgIpc) is 2.84. The molecule has 0 radical (unpaired) electrons. The summed E-state index contributed by atoms with van der Waals surface area (Å²) in [6.07, 6.45) is 4.35. The molecule has 21 heavy (non-hydrogen) atoms. The lowest BCUT2D eigenvalue weighted by Gasteiger charge is -2.33. The van der Waals surface area contributed by atoms with Crippen LogP contribution < -0.4 is 5.32 Å². The summed E-state index contributed by atoms with van der Waals surface area (Å²) in [4.78, 5) is 10.9. The molecule has 1 aromatic heterocycles. The zero-order chi connectivity index (χ0) is 14.4. The van der Waals surface area contributed by atoms with Crippen LogP contribution in [-0.4, -0.2) is 47.7 Å². The fraction of sp³-hybridized carbons (Fsp3) is 0.786. The molecule has 0 aromatic carbocycles. The Morgan fingerprint density at radius 2 is 2.33 bits per heavy atom. The summed E-state index contributed by atoms with van der Waals surface area (Å²) in [7, 11) is 1.85. The lowest BCUT2D eigenvalue weighted by Crippen LogP contribution is -2.46. The zero-order valence-corrected chi connectivity index (χ0v) is 15.5. The number of nitrogens with one attached hydrogen (secondary N) is 1. The van der Waals surface area contributed by atoms with Crippen molar-refractivity contribution >= 4 is 29.9 Å². The number of hydrogen-bond donors (Lipinski definition) is 1. The third-order valence-electron chi connectivity index (χ3n) is 3.59. The third-order valence-corrected chi connectivity index (χ3v) is 3.59. The number of aromatic nitrogens is 2. The number of rotatable bonds is 4. The molecular weight excluding hydrogens is 381 g/mol. The molecule has 1 unspecified atom stereocenters. The Bertz CT molecular complexity index is 448. The standard InChI is InChI=1S/C14H25N5O.HI/c1-11-6-5-9-19(10-11)14(15-3)16-8-4-7-13-17-12(2)18-20-13;/h11H,4-10H2,1-3H3,(H,15,16);1H. The lowest BCUT2D eigenvalue weighted by molar-refractivity contribution is 0.266. The van der Waals surface area contributed by atoms with E-state index < -0.39 is 0 Å². The van der Waals surface area contributed by atoms with Crippen molar-refractivity contribution in [2.75, 3.05) is 26.7 Å². The predicted octanol–water partition coefficient (Wildman–Crippen LogP) is 2.24. The second-order valence-corrected chi connectivity index (χ2v) is 5.51. The van der Waals surface area contributed by atoms with Crippen molar-refractivity contribution < 1.29 is 4.52 Å². The number of piperidine rings is 1. The minimum Gasteiger partial charge on any atom is -0.356 e. The van der Waals surface area contributed by atoms with Crippen LogP contribution in [0, 0.1) is 12.8 Å². The van der Waals surface area contributed by atoms with Gasteiger partial charge >= 0.3 is 0 Å². The zero-order valence-electron chi connectivity index (χ0n) is 13.1. The maximum Gasteiger partial charge on any atom is 0.226 e. The van der Waals surface area contributed by atoms with Crippen molar-refractivity contribution in [3.05, 3.63) is 11.7 Å². The topological polar surface area (TPSA) is 66.5 Å². The van der Waals surface area contributed by atoms with Crippen molar-refractivity contribution in [1.82, 2.24) is 20.4 Å². The molecule has 2 heterocycles. The van der Waals surface area contributed by atoms with Crippen molar-refractivity contribution in [2.24, 2.45) is 10.9 Å². The van der Waals surface area contributed by atoms with Crippen LogP contribution in [0.3, 0.4) is 0 Å². The van der Waals surface area contributed by atoms with Gasteiger partial charge in [0.05, 0.1) is 0 Å². The Hall–Kier alpha value is -0.860. The third kappa shape index (κ3) is 5.80. The number of aryl methyl sites for hydroxylation is 2. The highest BCUT2D eigenvalue weighted by Gasteiger charge is 2.18. The Morgan fingerprint density at radius 1 is 1.52 bits per heavy atom. The molecule has 1 fully saturated rings. The van der Waals surface area contributed by atoms with Crippen LogP contribution in [0.15, 0.2) is 9.52 Å². The van der Waals surface area contributed by atoms with Crippen LogP contribution >= 0.6 is 24.0 Å². The molecule has 120 valence electrons. The van der Waals surface area contributed by atoms with Gasteiger partial charge in [0.1, 0.15) is 0 Å². The summed E-state index contributed by atoms with van der Waals surface area (Å²) in [5.41, 5.74) is 0. The minimum absolute atomic E-state index is 0. The van der Waals surface area contributed by atoms with Crippen LogP contribution in [0.1, 0.15) is 37.9 Å². The number of aliphatic imine (C=N–C) groups is 1. The average molecular weight is 407 g/mol. The fourth-order valence-corrected chi connectivity index (χ4v) is 2.60. The van der Waals surface area contributed by atoms with Crippen LogP contribution in [0.5, 0.6) is 0 Å². The van der Waals surface area contributed by atoms with Gasteiger partial charge in [0.2, 0.25) is 5.89 Å². The van der Waals surface area contributed by atoms with E-state index >= 15 is 0 Å². The first kappa shape index (κ1) is 18.2. The molecule has 0 aliphatic carbocycles. The minimum atomic E-state index is 0. The van der Waals surface area contributed by atoms with Gasteiger partial charge in [-0.3, -0.25) is 4.99 Å². The second-order valence-electron chi connectivity index (χ2n) is 5.51. The molecule has 0 saturated carbocycles. The highest BCUT2D eigenvalue weighted by Crippen LogP contribution is 2.15. The Kier molecular flexibility index (Phi) is 7.98. The number of guanidine groups is 1. The van der Waals surface area contributed by atoms with Crippen LogP contribution in [0.2, 0.25) is 0 Å². The van der Waals surface area contributed by atoms with Gasteiger partial charge in [-0.05, 0) is 32.1 Å². The summed E-state index contributed by atoms with van der Waals surface area (Å²) in [5, 5.41) is 7.21. The van der Waals surface area contributed by atoms with Crippen molar-refractivity contribution in [2.45, 2.75) is 39.5 Å². The lowest BCUT2D eigenvalue weighted by atomic mass is 10.0. The van der Waals surface area contributed by atoms with E-state index in [1.165, 1.54) is 12.8 Å². The van der Waals surface area contributed by atoms with Crippen LogP contribution in [0.25, 0.3) is 0 Å². The molecule has 1 N–H and O–H groups in total. The molecule has 7 heteroatoms. The van der Waals surface area contributed by atoms with Crippen LogP contribution in [0.4, 0.5) is 0 Å². The smallest absolute Gasteiger partial charge is 0.226 e. The number of halogens is 1. The van der Waals surface area contributed by atoms with E-state index in [0.717, 1.165) is 44.4 Å². The van der Waals surface area contributed by atoms with Gasteiger partial charge in [-0.1, -0.05) is 12.1 Å². The summed E-state index contributed by atoms with van der Waals surface area (Å²) in [6.45, 7) is 7.22. The highest BCUT2D eigenvalue weighted by atomic mass is 127. The molecule has 1 saturated heterocycles. The molecule has 0 bridgehead atoms. The van der Waals surface area contributed by atoms with E-state index in [4.69, 9.17) is 4.52 Å². The first-order valence-corrected chi connectivity index (χ1v) is 7.44. The summed E-state index contributed by atoms with van der Waals surface area (Å²) in [5.74, 6) is 3.18. The molecule has 1 aliphatic heterocycles. The van der Waals surface area contributed by atoms with Gasteiger partial charge in [-0.15, -0.1) is 24.0 Å². The van der Waals surface area contributed by atoms with Gasteiger partial charge in [-0.25, -0.2) is 0 Å². The normalized spacial score (nSPS) is 19.3. The van der Waals surface area contributed by atoms with Gasteiger partial charge in [0.25, 0.3) is 0 Å². The van der Waals surface area contributed by atoms with Crippen molar-refractivity contribution in [3.8, 4) is 0 Å². The summed E-state index contributed by atoms with van der Waals surface area (Å²) in [6, 6.07) is 0. The van der Waals surface area contributed by atoms with E-state index in [1.807, 2.05) is 14.0 Å². The number of nitrogens with zero attached hydrogens (tertiary/aromatic N) is 4. The molecule has 0 amide bonds. The Labute approximate surface area is 143 Å². The van der Waals surface area contributed by atoms with E-state index in [1.54, 1.807) is 0 Å². The van der Waals surface area contributed by atoms with Gasteiger partial charge < -0.3 is 14.7 Å². The molecule has 1 aliphatic rings. The number of hydrogen-bond acceptors (Lipinski definition) is 4. The largest absolute Gasteiger partial charge is 0.356 e. The van der Waals surface area contributed by atoms with Gasteiger partial charge in [-0.2, -0.15) is 4.98 Å². The fourth-order valence-electron chi connectivity index (χ4n) is 2.60. The molecule has 1 aromatic rings. The molecule has 1 atom stereocenters. The Morgan fingerprint density at radius 3 is 2.95 bits per heavy atom. The SMILES string of the molecule is CN=C(NCCCc1nc(C)no1)N1CCCC(C)C1.I. The van der Waals surface area contributed by atoms with Gasteiger partial charge in [0, 0.05) is 33.1 Å². The summed E-state index contributed by atoms with van der Waals surface area (Å²) < 4.78 is 5.10. The van der Waals surface area contributed by atoms with E-state index in [2.05, 4.69) is 32.3 Å². The quantitative estimate of drug-likeness (QED) is 0.359. The maximum atomic E-state index is 5.10. The molecule has 0 spiro atoms. The van der Waals surface area contributed by atoms with E-state index in [0.29, 0.717) is 11.7 Å². The first-order valence-electron chi connectivity index (χ1n) is 7.44. The second kappa shape index (κ2) is 9.22. The summed E-state index contributed by atoms with van der Waals surface area (Å²) >= 11 is 0. The highest BCUT2D eigenvalue weighted by molar-refractivity contribution is 14.0. The Balaban J connectivity index is 0.00000220. The van der Waals surface area contributed by atoms with Crippen LogP contribution in [-0.2, 0) is 6.42 Å². The van der Waals surface area contributed by atoms with Crippen molar-refractivity contribution in [1.29, 1.82) is 0 Å². The monoisotopic (exact) mass is 407 g/mol. The van der Waals surface area contributed by atoms with E-state index in [-0.39, 0.29) is 24.0 Å².